The second kappa shape index (κ2) is 8.12. The summed E-state index contributed by atoms with van der Waals surface area (Å²) >= 11 is 13.1. The van der Waals surface area contributed by atoms with Crippen molar-refractivity contribution < 1.29 is 4.79 Å². The summed E-state index contributed by atoms with van der Waals surface area (Å²) in [6.07, 6.45) is 0. The zero-order chi connectivity index (χ0) is 19.6. The third-order valence-electron chi connectivity index (χ3n) is 3.60. The van der Waals surface area contributed by atoms with Crippen LogP contribution in [0.2, 0.25) is 8.67 Å². The molecule has 1 aromatic carbocycles. The molecule has 140 valence electrons. The van der Waals surface area contributed by atoms with Crippen molar-refractivity contribution in [1.29, 1.82) is 0 Å². The van der Waals surface area contributed by atoms with Gasteiger partial charge in [-0.15, -0.1) is 11.3 Å². The molecular formula is C18H17Cl2N5OS. The number of aryl methyl sites for hydroxylation is 1. The normalized spacial score (nSPS) is 10.6. The van der Waals surface area contributed by atoms with Crippen LogP contribution in [0, 0.1) is 6.92 Å². The number of amides is 1. The van der Waals surface area contributed by atoms with Crippen molar-refractivity contribution in [3.63, 3.8) is 0 Å². The number of hydrogen-bond acceptors (Lipinski definition) is 6. The van der Waals surface area contributed by atoms with Crippen LogP contribution < -0.4 is 15.5 Å². The van der Waals surface area contributed by atoms with Crippen molar-refractivity contribution in [2.24, 2.45) is 0 Å². The second-order valence-electron chi connectivity index (χ2n) is 5.98. The number of carbonyl (C=O) groups excluding carboxylic acids is 1. The molecular weight excluding hydrogens is 405 g/mol. The minimum absolute atomic E-state index is 0.304. The van der Waals surface area contributed by atoms with E-state index in [2.05, 4.69) is 20.6 Å². The first-order valence-electron chi connectivity index (χ1n) is 7.98. The number of nitrogens with one attached hydrogen (secondary N) is 2. The van der Waals surface area contributed by atoms with Crippen molar-refractivity contribution in [3.05, 3.63) is 56.3 Å². The highest BCUT2D eigenvalue weighted by atomic mass is 35.5. The molecule has 0 aliphatic heterocycles. The molecule has 0 bridgehead atoms. The zero-order valence-corrected chi connectivity index (χ0v) is 17.2. The Labute approximate surface area is 171 Å². The van der Waals surface area contributed by atoms with Gasteiger partial charge in [0.25, 0.3) is 5.91 Å². The van der Waals surface area contributed by atoms with Crippen molar-refractivity contribution in [2.45, 2.75) is 6.92 Å². The van der Waals surface area contributed by atoms with Crippen LogP contribution in [0.15, 0.2) is 36.4 Å². The predicted molar refractivity (Wildman–Crippen MR) is 113 cm³/mol. The van der Waals surface area contributed by atoms with Gasteiger partial charge < -0.3 is 15.5 Å². The molecule has 2 N–H and O–H groups in total. The van der Waals surface area contributed by atoms with E-state index in [0.717, 1.165) is 28.5 Å². The van der Waals surface area contributed by atoms with Gasteiger partial charge in [0.1, 0.15) is 10.2 Å². The molecule has 0 radical (unpaired) electrons. The van der Waals surface area contributed by atoms with Gasteiger partial charge in [0.05, 0.1) is 9.90 Å². The lowest BCUT2D eigenvalue weighted by Gasteiger charge is -2.14. The average Bonchev–Trinajstić information content (AvgIpc) is 2.94. The summed E-state index contributed by atoms with van der Waals surface area (Å²) in [7, 11) is 3.85. The van der Waals surface area contributed by atoms with E-state index in [1.165, 1.54) is 0 Å². The standard InChI is InChI=1S/C18H17Cl2N5OS/c1-10-8-15(25(2)3)24-18(21-10)23-12-6-4-11(5-7-12)22-17(26)13-9-14(19)27-16(13)20/h4-9H,1-3H3,(H,22,26)(H,21,23,24). The number of rotatable bonds is 5. The molecule has 0 unspecified atom stereocenters. The van der Waals surface area contributed by atoms with Gasteiger partial charge in [-0.1, -0.05) is 23.2 Å². The Morgan fingerprint density at radius 3 is 2.33 bits per heavy atom. The van der Waals surface area contributed by atoms with Crippen LogP contribution in [0.3, 0.4) is 0 Å². The smallest absolute Gasteiger partial charge is 0.258 e. The maximum atomic E-state index is 12.3. The third-order valence-corrected chi connectivity index (χ3v) is 5.09. The minimum Gasteiger partial charge on any atom is -0.363 e. The molecule has 27 heavy (non-hydrogen) atoms. The number of carbonyl (C=O) groups is 1. The lowest BCUT2D eigenvalue weighted by atomic mass is 10.2. The summed E-state index contributed by atoms with van der Waals surface area (Å²) in [4.78, 5) is 23.0. The Balaban J connectivity index is 1.70. The van der Waals surface area contributed by atoms with Gasteiger partial charge >= 0.3 is 0 Å². The number of aromatic nitrogens is 2. The van der Waals surface area contributed by atoms with E-state index in [1.807, 2.05) is 44.1 Å². The van der Waals surface area contributed by atoms with Crippen molar-refractivity contribution in [3.8, 4) is 0 Å². The molecule has 0 aliphatic rings. The summed E-state index contributed by atoms with van der Waals surface area (Å²) in [5.74, 6) is 1.02. The molecule has 9 heteroatoms. The lowest BCUT2D eigenvalue weighted by Crippen LogP contribution is -2.13. The number of halogens is 2. The maximum Gasteiger partial charge on any atom is 0.258 e. The van der Waals surface area contributed by atoms with Gasteiger partial charge in [0.15, 0.2) is 0 Å². The molecule has 3 aromatic rings. The molecule has 6 nitrogen and oxygen atoms in total. The second-order valence-corrected chi connectivity index (χ2v) is 8.27. The summed E-state index contributed by atoms with van der Waals surface area (Å²) in [5.41, 5.74) is 2.67. The van der Waals surface area contributed by atoms with Crippen molar-refractivity contribution >= 4 is 63.6 Å². The molecule has 0 atom stereocenters. The van der Waals surface area contributed by atoms with Crippen LogP contribution in [-0.4, -0.2) is 30.0 Å². The summed E-state index contributed by atoms with van der Waals surface area (Å²) in [6.45, 7) is 1.92. The Bertz CT molecular complexity index is 972. The highest BCUT2D eigenvalue weighted by Crippen LogP contribution is 2.31. The van der Waals surface area contributed by atoms with E-state index in [-0.39, 0.29) is 5.91 Å². The summed E-state index contributed by atoms with van der Waals surface area (Å²) in [5, 5.41) is 5.96. The van der Waals surface area contributed by atoms with Crippen LogP contribution in [-0.2, 0) is 0 Å². The fourth-order valence-corrected chi connectivity index (χ4v) is 3.75. The third kappa shape index (κ3) is 4.88. The molecule has 1 amide bonds. The molecule has 0 saturated carbocycles. The van der Waals surface area contributed by atoms with Crippen LogP contribution in [0.4, 0.5) is 23.1 Å². The van der Waals surface area contributed by atoms with Gasteiger partial charge in [0, 0.05) is 37.2 Å². The fourth-order valence-electron chi connectivity index (χ4n) is 2.30. The summed E-state index contributed by atoms with van der Waals surface area (Å²) in [6, 6.07) is 10.7. The number of anilines is 4. The number of thiophene rings is 1. The molecule has 2 heterocycles. The highest BCUT2D eigenvalue weighted by Gasteiger charge is 2.14. The van der Waals surface area contributed by atoms with Crippen molar-refractivity contribution in [1.82, 2.24) is 9.97 Å². The molecule has 0 aliphatic carbocycles. The highest BCUT2D eigenvalue weighted by molar-refractivity contribution is 7.20. The SMILES string of the molecule is Cc1cc(N(C)C)nc(Nc2ccc(NC(=O)c3cc(Cl)sc3Cl)cc2)n1. The van der Waals surface area contributed by atoms with Gasteiger partial charge in [-0.25, -0.2) is 4.98 Å². The van der Waals surface area contributed by atoms with E-state index in [4.69, 9.17) is 23.2 Å². The van der Waals surface area contributed by atoms with Crippen LogP contribution in [0.5, 0.6) is 0 Å². The Morgan fingerprint density at radius 2 is 1.74 bits per heavy atom. The lowest BCUT2D eigenvalue weighted by molar-refractivity contribution is 0.102. The van der Waals surface area contributed by atoms with Gasteiger partial charge in [-0.05, 0) is 37.3 Å². The quantitative estimate of drug-likeness (QED) is 0.590. The average molecular weight is 422 g/mol. The number of nitrogens with zero attached hydrogens (tertiary/aromatic N) is 3. The first kappa shape index (κ1) is 19.4. The maximum absolute atomic E-state index is 12.3. The van der Waals surface area contributed by atoms with Crippen LogP contribution in [0.25, 0.3) is 0 Å². The minimum atomic E-state index is -0.304. The van der Waals surface area contributed by atoms with E-state index >= 15 is 0 Å². The first-order chi connectivity index (χ1) is 12.8. The van der Waals surface area contributed by atoms with Crippen molar-refractivity contribution in [2.75, 3.05) is 29.6 Å². The number of hydrogen-bond donors (Lipinski definition) is 2. The molecule has 0 spiro atoms. The number of benzene rings is 1. The topological polar surface area (TPSA) is 70.2 Å². The monoisotopic (exact) mass is 421 g/mol. The van der Waals surface area contributed by atoms with Crippen LogP contribution in [0.1, 0.15) is 16.1 Å². The molecule has 0 saturated heterocycles. The van der Waals surface area contributed by atoms with Crippen LogP contribution >= 0.6 is 34.5 Å². The molecule has 3 rings (SSSR count). The van der Waals surface area contributed by atoms with Gasteiger partial charge in [-0.3, -0.25) is 4.79 Å². The predicted octanol–water partition coefficient (Wildman–Crippen LogP) is 5.22. The van der Waals surface area contributed by atoms with E-state index in [1.54, 1.807) is 18.2 Å². The Morgan fingerprint density at radius 1 is 1.07 bits per heavy atom. The van der Waals surface area contributed by atoms with Gasteiger partial charge in [0.2, 0.25) is 5.95 Å². The molecule has 2 aromatic heterocycles. The largest absolute Gasteiger partial charge is 0.363 e. The van der Waals surface area contributed by atoms with E-state index < -0.39 is 0 Å². The Kier molecular flexibility index (Phi) is 5.84. The molecule has 0 fully saturated rings. The van der Waals surface area contributed by atoms with E-state index in [0.29, 0.717) is 25.9 Å². The van der Waals surface area contributed by atoms with E-state index in [9.17, 15) is 4.79 Å². The Hall–Kier alpha value is -2.35. The fraction of sp³-hybridized carbons (Fsp3) is 0.167. The first-order valence-corrected chi connectivity index (χ1v) is 9.55. The zero-order valence-electron chi connectivity index (χ0n) is 14.9. The van der Waals surface area contributed by atoms with Gasteiger partial charge in [-0.2, -0.15) is 4.98 Å². The summed E-state index contributed by atoms with van der Waals surface area (Å²) < 4.78 is 0.837.